The fourth-order valence-electron chi connectivity index (χ4n) is 5.17. The molecule has 1 saturated carbocycles. The molecule has 1 aliphatic carbocycles. The fraction of sp³-hybridized carbons (Fsp3) is 0.440. The number of halogens is 5. The molecule has 38 heavy (non-hydrogen) atoms. The van der Waals surface area contributed by atoms with Crippen molar-refractivity contribution in [1.82, 2.24) is 24.6 Å². The molecule has 13 heteroatoms. The number of hydrogen-bond acceptors (Lipinski definition) is 6. The maximum atomic E-state index is 12.8. The first-order chi connectivity index (χ1) is 17.2. The highest BCUT2D eigenvalue weighted by Crippen LogP contribution is 2.64. The van der Waals surface area contributed by atoms with Crippen LogP contribution in [0.15, 0.2) is 47.8 Å². The first-order valence-corrected chi connectivity index (χ1v) is 12.8. The summed E-state index contributed by atoms with van der Waals surface area (Å²) in [4.78, 5) is 17.7. The van der Waals surface area contributed by atoms with Crippen LogP contribution in [0.3, 0.4) is 0 Å². The molecular formula is C25H29Cl2F3N6OS. The molecule has 0 bridgehead atoms. The van der Waals surface area contributed by atoms with Crippen LogP contribution in [0, 0.1) is 5.41 Å². The van der Waals surface area contributed by atoms with E-state index in [0.29, 0.717) is 11.7 Å². The molecular weight excluding hydrogens is 560 g/mol. The van der Waals surface area contributed by atoms with Crippen molar-refractivity contribution in [2.24, 2.45) is 18.2 Å². The number of nitrogens with zero attached hydrogens (tertiary/aromatic N) is 5. The monoisotopic (exact) mass is 588 g/mol. The molecule has 2 aliphatic rings. The third-order valence-corrected chi connectivity index (χ3v) is 8.36. The van der Waals surface area contributed by atoms with E-state index in [1.54, 1.807) is 42.2 Å². The average molecular weight is 590 g/mol. The third-order valence-electron chi connectivity index (χ3n) is 7.25. The smallest absolute Gasteiger partial charge is 0.364 e. The number of pyridine rings is 1. The fourth-order valence-corrected chi connectivity index (χ4v) is 6.00. The molecule has 2 aromatic heterocycles. The summed E-state index contributed by atoms with van der Waals surface area (Å²) in [5.41, 5.74) is 6.88. The van der Waals surface area contributed by atoms with Crippen LogP contribution in [-0.2, 0) is 13.2 Å². The van der Waals surface area contributed by atoms with Gasteiger partial charge in [0.2, 0.25) is 0 Å². The minimum Gasteiger partial charge on any atom is -0.364 e. The van der Waals surface area contributed by atoms with Gasteiger partial charge in [0.15, 0.2) is 11.0 Å². The first-order valence-electron chi connectivity index (χ1n) is 11.8. The van der Waals surface area contributed by atoms with E-state index in [1.165, 1.54) is 12.1 Å². The Balaban J connectivity index is 0.00000200. The Kier molecular flexibility index (Phi) is 9.39. The van der Waals surface area contributed by atoms with E-state index in [0.717, 1.165) is 60.9 Å². The molecule has 1 spiro atoms. The lowest BCUT2D eigenvalue weighted by Gasteiger charge is -2.16. The van der Waals surface area contributed by atoms with Gasteiger partial charge in [-0.3, -0.25) is 9.78 Å². The van der Waals surface area contributed by atoms with E-state index >= 15 is 0 Å². The molecule has 0 radical (unpaired) electrons. The number of amides is 1. The number of aromatic nitrogens is 4. The number of benzene rings is 1. The number of nitrogens with two attached hydrogens (primary N) is 1. The van der Waals surface area contributed by atoms with Gasteiger partial charge in [-0.05, 0) is 73.5 Å². The second-order valence-corrected chi connectivity index (χ2v) is 10.7. The third kappa shape index (κ3) is 6.27. The van der Waals surface area contributed by atoms with Gasteiger partial charge in [0.25, 0.3) is 5.91 Å². The molecule has 2 N–H and O–H groups in total. The predicted octanol–water partition coefficient (Wildman–Crippen LogP) is 5.20. The maximum absolute atomic E-state index is 12.8. The van der Waals surface area contributed by atoms with Crippen LogP contribution >= 0.6 is 36.6 Å². The van der Waals surface area contributed by atoms with Gasteiger partial charge in [-0.15, -0.1) is 35.0 Å². The largest absolute Gasteiger partial charge is 0.416 e. The Morgan fingerprint density at radius 3 is 2.53 bits per heavy atom. The van der Waals surface area contributed by atoms with Gasteiger partial charge in [0, 0.05) is 31.1 Å². The van der Waals surface area contributed by atoms with E-state index < -0.39 is 17.6 Å². The summed E-state index contributed by atoms with van der Waals surface area (Å²) in [6, 6.07) is 9.04. The zero-order valence-corrected chi connectivity index (χ0v) is 23.1. The summed E-state index contributed by atoms with van der Waals surface area (Å²) in [7, 11) is 1.90. The van der Waals surface area contributed by atoms with E-state index in [-0.39, 0.29) is 35.9 Å². The predicted molar refractivity (Wildman–Crippen MR) is 145 cm³/mol. The Morgan fingerprint density at radius 1 is 1.16 bits per heavy atom. The van der Waals surface area contributed by atoms with Crippen molar-refractivity contribution in [2.75, 3.05) is 25.4 Å². The van der Waals surface area contributed by atoms with E-state index in [1.807, 2.05) is 11.6 Å². The number of carbonyl (C=O) groups is 1. The topological polar surface area (TPSA) is 89.9 Å². The van der Waals surface area contributed by atoms with Gasteiger partial charge in [0.1, 0.15) is 5.69 Å². The minimum absolute atomic E-state index is 0. The van der Waals surface area contributed by atoms with Crippen molar-refractivity contribution in [3.63, 3.8) is 0 Å². The molecule has 1 aromatic carbocycles. The zero-order chi connectivity index (χ0) is 25.5. The summed E-state index contributed by atoms with van der Waals surface area (Å²) >= 11 is 1.65. The van der Waals surface area contributed by atoms with Crippen LogP contribution < -0.4 is 5.73 Å². The number of rotatable bonds is 8. The highest BCUT2D eigenvalue weighted by molar-refractivity contribution is 7.99. The van der Waals surface area contributed by atoms with Gasteiger partial charge in [-0.1, -0.05) is 23.9 Å². The van der Waals surface area contributed by atoms with Crippen LogP contribution in [-0.4, -0.2) is 55.9 Å². The molecule has 2 fully saturated rings. The molecule has 1 amide bonds. The summed E-state index contributed by atoms with van der Waals surface area (Å²) in [6.45, 7) is 3.02. The lowest BCUT2D eigenvalue weighted by Crippen LogP contribution is -2.23. The van der Waals surface area contributed by atoms with Crippen molar-refractivity contribution in [3.8, 4) is 11.4 Å². The van der Waals surface area contributed by atoms with E-state index in [2.05, 4.69) is 20.1 Å². The molecule has 3 heterocycles. The Morgan fingerprint density at radius 2 is 1.89 bits per heavy atom. The van der Waals surface area contributed by atoms with Crippen molar-refractivity contribution in [3.05, 3.63) is 59.4 Å². The van der Waals surface area contributed by atoms with Crippen LogP contribution in [0.2, 0.25) is 0 Å². The molecule has 2 atom stereocenters. The van der Waals surface area contributed by atoms with Crippen LogP contribution in [0.25, 0.3) is 11.4 Å². The van der Waals surface area contributed by atoms with Gasteiger partial charge >= 0.3 is 6.18 Å². The molecule has 1 aliphatic heterocycles. The first kappa shape index (κ1) is 30.2. The Bertz CT molecular complexity index is 1260. The molecule has 206 valence electrons. The van der Waals surface area contributed by atoms with Gasteiger partial charge in [-0.25, -0.2) is 0 Å². The molecule has 7 nitrogen and oxygen atoms in total. The van der Waals surface area contributed by atoms with Gasteiger partial charge < -0.3 is 15.2 Å². The number of alkyl halides is 3. The maximum Gasteiger partial charge on any atom is 0.416 e. The summed E-state index contributed by atoms with van der Waals surface area (Å²) in [5, 5.41) is 9.36. The Labute approximate surface area is 235 Å². The number of thioether (sulfide) groups is 1. The number of carbonyl (C=O) groups excluding carboxylic acids is 1. The summed E-state index contributed by atoms with van der Waals surface area (Å²) in [6.07, 6.45) is 0.436. The SMILES string of the molecule is Cl.Cl.Cn1c(SCCCN2CC[C@]3(C[C@@H]3c3ccc(C(F)(F)F)cc3)C2)nnc1-c1ccc(C(N)=O)nc1. The molecule has 0 unspecified atom stereocenters. The second-order valence-electron chi connectivity index (χ2n) is 9.63. The number of primary amides is 1. The standard InChI is InChI=1S/C25H27F3N6OS.2ClH/c1-33-22(17-5-8-20(21(29)35)30-14-17)31-32-23(33)36-12-2-10-34-11-9-24(15-34)13-19(24)16-3-6-18(7-4-16)25(26,27)28;;/h3-8,14,19H,2,9-13,15H2,1H3,(H2,29,35);2*1H/t19-,24+;;/m1../s1. The molecule has 1 saturated heterocycles. The van der Waals surface area contributed by atoms with Gasteiger partial charge in [-0.2, -0.15) is 13.2 Å². The van der Waals surface area contributed by atoms with Crippen molar-refractivity contribution in [1.29, 1.82) is 0 Å². The zero-order valence-electron chi connectivity index (χ0n) is 20.6. The van der Waals surface area contributed by atoms with Crippen LogP contribution in [0.4, 0.5) is 13.2 Å². The lowest BCUT2D eigenvalue weighted by atomic mass is 9.97. The normalized spacial score (nSPS) is 20.7. The van der Waals surface area contributed by atoms with Crippen molar-refractivity contribution < 1.29 is 18.0 Å². The average Bonchev–Trinajstić information content (AvgIpc) is 3.20. The highest BCUT2D eigenvalue weighted by Gasteiger charge is 2.57. The molecule has 3 aromatic rings. The minimum atomic E-state index is -4.29. The van der Waals surface area contributed by atoms with Crippen molar-refractivity contribution in [2.45, 2.75) is 36.5 Å². The number of likely N-dealkylation sites (tertiary alicyclic amines) is 1. The van der Waals surface area contributed by atoms with Crippen LogP contribution in [0.5, 0.6) is 0 Å². The van der Waals surface area contributed by atoms with Crippen LogP contribution in [0.1, 0.15) is 46.8 Å². The quantitative estimate of drug-likeness (QED) is 0.287. The Hall–Kier alpha value is -2.34. The second kappa shape index (κ2) is 11.8. The molecule has 5 rings (SSSR count). The lowest BCUT2D eigenvalue weighted by molar-refractivity contribution is -0.137. The van der Waals surface area contributed by atoms with Crippen molar-refractivity contribution >= 4 is 42.5 Å². The summed E-state index contributed by atoms with van der Waals surface area (Å²) < 4.78 is 40.4. The highest BCUT2D eigenvalue weighted by atomic mass is 35.5. The van der Waals surface area contributed by atoms with E-state index in [9.17, 15) is 18.0 Å². The summed E-state index contributed by atoms with van der Waals surface area (Å²) in [5.74, 6) is 1.36. The number of hydrogen-bond donors (Lipinski definition) is 1. The van der Waals surface area contributed by atoms with Gasteiger partial charge in [0.05, 0.1) is 5.56 Å². The van der Waals surface area contributed by atoms with E-state index in [4.69, 9.17) is 5.73 Å².